The molecule has 0 bridgehead atoms. The maximum Gasteiger partial charge on any atom is 0.0943 e. The summed E-state index contributed by atoms with van der Waals surface area (Å²) in [5, 5.41) is 15.6. The maximum absolute atomic E-state index is 8.36. The highest BCUT2D eigenvalue weighted by Gasteiger charge is 2.38. The molecule has 6 rings (SSSR count). The smallest absolute Gasteiger partial charge is 0.0943 e. The molecule has 3 aliphatic rings. The third-order valence-corrected chi connectivity index (χ3v) is 6.45. The van der Waals surface area contributed by atoms with E-state index in [1.54, 1.807) is 0 Å². The lowest BCUT2D eigenvalue weighted by Crippen LogP contribution is -2.55. The highest BCUT2D eigenvalue weighted by molar-refractivity contribution is 6.13. The van der Waals surface area contributed by atoms with E-state index in [9.17, 15) is 0 Å². The first-order valence-electron chi connectivity index (χ1n) is 11.9. The summed E-state index contributed by atoms with van der Waals surface area (Å²) < 4.78 is 0. The summed E-state index contributed by atoms with van der Waals surface area (Å²) in [5.74, 6) is 0. The Morgan fingerprint density at radius 1 is 0.833 bits per heavy atom. The molecular formula is C30H26N6. The lowest BCUT2D eigenvalue weighted by atomic mass is 9.90. The molecular weight excluding hydrogens is 444 g/mol. The number of rotatable bonds is 4. The normalized spacial score (nSPS) is 21.8. The van der Waals surface area contributed by atoms with Crippen LogP contribution in [0.4, 0.5) is 17.1 Å². The summed E-state index contributed by atoms with van der Waals surface area (Å²) in [4.78, 5) is 7.25. The minimum atomic E-state index is -0.142. The number of hydrogen-bond acceptors (Lipinski definition) is 6. The van der Waals surface area contributed by atoms with Crippen LogP contribution >= 0.6 is 0 Å². The van der Waals surface area contributed by atoms with Gasteiger partial charge in [0.25, 0.3) is 0 Å². The third kappa shape index (κ3) is 4.09. The second-order valence-corrected chi connectivity index (χ2v) is 8.88. The van der Waals surface area contributed by atoms with Crippen LogP contribution in [-0.2, 0) is 0 Å². The number of nitrogens with two attached hydrogens (primary N) is 1. The van der Waals surface area contributed by atoms with Gasteiger partial charge >= 0.3 is 0 Å². The summed E-state index contributed by atoms with van der Waals surface area (Å²) in [7, 11) is 0. The average molecular weight is 471 g/mol. The van der Waals surface area contributed by atoms with Crippen molar-refractivity contribution in [1.29, 1.82) is 5.41 Å². The molecule has 1 aliphatic heterocycles. The van der Waals surface area contributed by atoms with Crippen molar-refractivity contribution in [3.63, 3.8) is 0 Å². The van der Waals surface area contributed by atoms with Gasteiger partial charge in [-0.15, -0.1) is 0 Å². The van der Waals surface area contributed by atoms with Crippen LogP contribution in [0.2, 0.25) is 0 Å². The van der Waals surface area contributed by atoms with Gasteiger partial charge in [-0.2, -0.15) is 0 Å². The number of piperazine rings is 1. The second-order valence-electron chi connectivity index (χ2n) is 8.88. The molecule has 2 unspecified atom stereocenters. The summed E-state index contributed by atoms with van der Waals surface area (Å²) in [6.07, 6.45) is 8.09. The van der Waals surface area contributed by atoms with Crippen molar-refractivity contribution in [3.8, 4) is 0 Å². The Morgan fingerprint density at radius 2 is 1.50 bits per heavy atom. The number of nitrogens with one attached hydrogen (secondary N) is 3. The van der Waals surface area contributed by atoms with Crippen molar-refractivity contribution in [2.45, 2.75) is 12.1 Å². The first kappa shape index (κ1) is 21.7. The van der Waals surface area contributed by atoms with Crippen molar-refractivity contribution in [2.75, 3.05) is 10.2 Å². The topological polar surface area (TPSA) is 89.5 Å². The fourth-order valence-corrected chi connectivity index (χ4v) is 4.75. The molecule has 6 nitrogen and oxygen atoms in total. The van der Waals surface area contributed by atoms with E-state index >= 15 is 0 Å². The maximum atomic E-state index is 8.36. The van der Waals surface area contributed by atoms with Gasteiger partial charge in [-0.3, -0.25) is 5.41 Å². The van der Waals surface area contributed by atoms with Gasteiger partial charge in [0.05, 0.1) is 40.6 Å². The van der Waals surface area contributed by atoms with Crippen LogP contribution in [0.5, 0.6) is 0 Å². The van der Waals surface area contributed by atoms with Gasteiger partial charge in [-0.05, 0) is 60.7 Å². The quantitative estimate of drug-likeness (QED) is 0.419. The minimum Gasteiger partial charge on any atom is -0.397 e. The molecule has 0 aromatic heterocycles. The van der Waals surface area contributed by atoms with E-state index in [1.165, 1.54) is 0 Å². The summed E-state index contributed by atoms with van der Waals surface area (Å²) in [6.45, 7) is 0. The highest BCUT2D eigenvalue weighted by Crippen LogP contribution is 2.36. The van der Waals surface area contributed by atoms with Gasteiger partial charge in [0, 0.05) is 22.8 Å². The monoisotopic (exact) mass is 470 g/mol. The van der Waals surface area contributed by atoms with Gasteiger partial charge in [0.15, 0.2) is 0 Å². The van der Waals surface area contributed by atoms with E-state index in [0.717, 1.165) is 39.9 Å². The molecule has 2 aliphatic carbocycles. The van der Waals surface area contributed by atoms with E-state index in [0.29, 0.717) is 11.4 Å². The van der Waals surface area contributed by atoms with Crippen molar-refractivity contribution < 1.29 is 0 Å². The van der Waals surface area contributed by atoms with Crippen LogP contribution in [0.15, 0.2) is 143 Å². The second kappa shape index (κ2) is 9.07. The van der Waals surface area contributed by atoms with Gasteiger partial charge in [-0.1, -0.05) is 54.6 Å². The lowest BCUT2D eigenvalue weighted by molar-refractivity contribution is 0.594. The zero-order valence-corrected chi connectivity index (χ0v) is 19.6. The Labute approximate surface area is 210 Å². The Hall–Kier alpha value is -4.84. The number of anilines is 2. The van der Waals surface area contributed by atoms with Crippen LogP contribution < -0.4 is 21.3 Å². The fourth-order valence-electron chi connectivity index (χ4n) is 4.75. The van der Waals surface area contributed by atoms with Crippen LogP contribution in [0.1, 0.15) is 0 Å². The lowest BCUT2D eigenvalue weighted by Gasteiger charge is -2.46. The fraction of sp³-hybridized carbons (Fsp3) is 0.0667. The first-order valence-corrected chi connectivity index (χ1v) is 11.9. The number of fused-ring (bicyclic) bond motifs is 2. The highest BCUT2D eigenvalue weighted by atomic mass is 15.3. The average Bonchev–Trinajstić information content (AvgIpc) is 2.91. The molecule has 0 spiro atoms. The van der Waals surface area contributed by atoms with Gasteiger partial charge < -0.3 is 21.3 Å². The Balaban J connectivity index is 1.49. The summed E-state index contributed by atoms with van der Waals surface area (Å²) >= 11 is 0. The molecule has 36 heavy (non-hydrogen) atoms. The zero-order valence-electron chi connectivity index (χ0n) is 19.6. The molecule has 0 amide bonds. The summed E-state index contributed by atoms with van der Waals surface area (Å²) in [5.41, 5.74) is 13.6. The van der Waals surface area contributed by atoms with Gasteiger partial charge in [0.1, 0.15) is 0 Å². The van der Waals surface area contributed by atoms with Crippen LogP contribution in [0.3, 0.4) is 0 Å². The number of allylic oxidation sites excluding steroid dienone is 2. The van der Waals surface area contributed by atoms with Crippen LogP contribution in [0, 0.1) is 5.41 Å². The number of hydrogen-bond donors (Lipinski definition) is 4. The number of para-hydroxylation sites is 3. The molecule has 0 radical (unpaired) electrons. The van der Waals surface area contributed by atoms with E-state index in [1.807, 2.05) is 91.0 Å². The van der Waals surface area contributed by atoms with Crippen molar-refractivity contribution in [2.24, 2.45) is 10.7 Å². The standard InChI is InChI=1S/C30H26N6/c31-23-16-27-29(17-24(23)32)36(22-14-8-3-9-15-22)30-19-26(34-21-12-6-2-7-13-21)25(18-28(30)35-27)33-20-10-4-1-5-11-20/h1-19,27,30,32,34-35H,31H2. The predicted molar refractivity (Wildman–Crippen MR) is 147 cm³/mol. The molecule has 1 saturated heterocycles. The molecule has 2 atom stereocenters. The van der Waals surface area contributed by atoms with Crippen molar-refractivity contribution in [3.05, 3.63) is 138 Å². The molecule has 5 N–H and O–H groups in total. The summed E-state index contributed by atoms with van der Waals surface area (Å²) in [6, 6.07) is 30.1. The Kier molecular flexibility index (Phi) is 5.46. The van der Waals surface area contributed by atoms with E-state index < -0.39 is 0 Å². The van der Waals surface area contributed by atoms with Gasteiger partial charge in [0.2, 0.25) is 0 Å². The molecule has 176 valence electrons. The molecule has 3 aromatic rings. The molecule has 1 fully saturated rings. The minimum absolute atomic E-state index is 0.114. The molecule has 6 heteroatoms. The third-order valence-electron chi connectivity index (χ3n) is 6.45. The first-order chi connectivity index (χ1) is 17.7. The number of nitrogens with zero attached hydrogens (tertiary/aromatic N) is 2. The van der Waals surface area contributed by atoms with Crippen LogP contribution in [-0.4, -0.2) is 23.5 Å². The van der Waals surface area contributed by atoms with E-state index in [2.05, 4.69) is 39.8 Å². The zero-order chi connectivity index (χ0) is 24.5. The number of aliphatic imine (C=N–C) groups is 1. The molecule has 0 saturated carbocycles. The SMILES string of the molecule is N=C1C=C2C(C=C1N)NC1=CC(=Nc3ccccc3)C(Nc3ccccc3)=CC1N2c1ccccc1. The molecule has 1 heterocycles. The van der Waals surface area contributed by atoms with E-state index in [4.69, 9.17) is 16.1 Å². The van der Waals surface area contributed by atoms with Gasteiger partial charge in [-0.25, -0.2) is 4.99 Å². The number of benzene rings is 3. The Bertz CT molecular complexity index is 1450. The van der Waals surface area contributed by atoms with Crippen molar-refractivity contribution >= 4 is 28.5 Å². The Morgan fingerprint density at radius 3 is 2.22 bits per heavy atom. The van der Waals surface area contributed by atoms with E-state index in [-0.39, 0.29) is 12.1 Å². The van der Waals surface area contributed by atoms with Crippen molar-refractivity contribution in [1.82, 2.24) is 5.32 Å². The molecule has 3 aromatic carbocycles. The van der Waals surface area contributed by atoms with Crippen LogP contribution in [0.25, 0.3) is 0 Å². The largest absolute Gasteiger partial charge is 0.397 e. The predicted octanol–water partition coefficient (Wildman–Crippen LogP) is 5.26.